The van der Waals surface area contributed by atoms with Gasteiger partial charge in [0.2, 0.25) is 5.88 Å². The molecule has 3 N–H and O–H groups in total. The summed E-state index contributed by atoms with van der Waals surface area (Å²) in [7, 11) is 0. The predicted octanol–water partition coefficient (Wildman–Crippen LogP) is 3.15. The van der Waals surface area contributed by atoms with Gasteiger partial charge < -0.3 is 15.8 Å². The van der Waals surface area contributed by atoms with Gasteiger partial charge in [-0.3, -0.25) is 0 Å². The standard InChI is InChI=1S/C15H26N4O/c1-3-12-18-14(13(16)15(19-12)20-4-2)17-11-9-7-5-6-8-10-11/h11H,3-10,16H2,1-2H3,(H,17,18,19). The molecule has 1 saturated carbocycles. The van der Waals surface area contributed by atoms with E-state index in [0.717, 1.165) is 18.1 Å². The summed E-state index contributed by atoms with van der Waals surface area (Å²) in [5.74, 6) is 2.03. The van der Waals surface area contributed by atoms with E-state index in [9.17, 15) is 0 Å². The zero-order chi connectivity index (χ0) is 14.4. The van der Waals surface area contributed by atoms with Crippen LogP contribution < -0.4 is 15.8 Å². The van der Waals surface area contributed by atoms with Gasteiger partial charge in [-0.2, -0.15) is 4.98 Å². The summed E-state index contributed by atoms with van der Waals surface area (Å²) in [5.41, 5.74) is 6.67. The lowest BCUT2D eigenvalue weighted by atomic mass is 10.1. The van der Waals surface area contributed by atoms with E-state index in [-0.39, 0.29) is 0 Å². The first-order chi connectivity index (χ1) is 9.74. The molecule has 112 valence electrons. The van der Waals surface area contributed by atoms with Crippen molar-refractivity contribution in [2.24, 2.45) is 0 Å². The lowest BCUT2D eigenvalue weighted by molar-refractivity contribution is 0.327. The van der Waals surface area contributed by atoms with Crippen LogP contribution in [-0.4, -0.2) is 22.6 Å². The molecule has 1 aliphatic rings. The maximum atomic E-state index is 6.14. The van der Waals surface area contributed by atoms with E-state index in [1.54, 1.807) is 0 Å². The second-order valence-electron chi connectivity index (χ2n) is 5.33. The summed E-state index contributed by atoms with van der Waals surface area (Å²) in [6.07, 6.45) is 8.39. The van der Waals surface area contributed by atoms with Crippen LogP contribution in [0, 0.1) is 0 Å². The first kappa shape index (κ1) is 14.9. The number of hydrogen-bond acceptors (Lipinski definition) is 5. The molecular formula is C15H26N4O. The van der Waals surface area contributed by atoms with Crippen LogP contribution in [0.1, 0.15) is 58.2 Å². The third kappa shape index (κ3) is 3.74. The summed E-state index contributed by atoms with van der Waals surface area (Å²) in [6.45, 7) is 4.54. The number of aryl methyl sites for hydroxylation is 1. The van der Waals surface area contributed by atoms with Gasteiger partial charge in [0.15, 0.2) is 5.82 Å². The molecule has 0 amide bonds. The molecule has 1 aromatic heterocycles. The summed E-state index contributed by atoms with van der Waals surface area (Å²) in [5, 5.41) is 3.51. The monoisotopic (exact) mass is 278 g/mol. The quantitative estimate of drug-likeness (QED) is 0.809. The van der Waals surface area contributed by atoms with Gasteiger partial charge in [-0.1, -0.05) is 32.6 Å². The van der Waals surface area contributed by atoms with E-state index in [4.69, 9.17) is 10.5 Å². The number of nitrogen functional groups attached to an aromatic ring is 1. The van der Waals surface area contributed by atoms with E-state index in [1.165, 1.54) is 38.5 Å². The molecule has 2 rings (SSSR count). The lowest BCUT2D eigenvalue weighted by Gasteiger charge is -2.19. The van der Waals surface area contributed by atoms with Crippen LogP contribution in [0.25, 0.3) is 0 Å². The van der Waals surface area contributed by atoms with Crippen molar-refractivity contribution in [1.29, 1.82) is 0 Å². The smallest absolute Gasteiger partial charge is 0.242 e. The van der Waals surface area contributed by atoms with Crippen molar-refractivity contribution in [3.63, 3.8) is 0 Å². The fourth-order valence-corrected chi connectivity index (χ4v) is 2.62. The number of aromatic nitrogens is 2. The highest BCUT2D eigenvalue weighted by Crippen LogP contribution is 2.29. The second kappa shape index (κ2) is 7.31. The zero-order valence-electron chi connectivity index (χ0n) is 12.6. The molecule has 1 aromatic rings. The Balaban J connectivity index is 2.18. The fraction of sp³-hybridized carbons (Fsp3) is 0.733. The minimum atomic E-state index is 0.467. The number of rotatable bonds is 5. The normalized spacial score (nSPS) is 16.7. The van der Waals surface area contributed by atoms with Gasteiger partial charge in [0.1, 0.15) is 11.5 Å². The van der Waals surface area contributed by atoms with Gasteiger partial charge in [0.05, 0.1) is 6.61 Å². The van der Waals surface area contributed by atoms with Crippen molar-refractivity contribution in [3.8, 4) is 5.88 Å². The third-order valence-electron chi connectivity index (χ3n) is 3.75. The first-order valence-electron chi connectivity index (χ1n) is 7.80. The molecule has 1 heterocycles. The molecule has 0 aliphatic heterocycles. The van der Waals surface area contributed by atoms with Crippen molar-refractivity contribution in [1.82, 2.24) is 9.97 Å². The van der Waals surface area contributed by atoms with E-state index >= 15 is 0 Å². The fourth-order valence-electron chi connectivity index (χ4n) is 2.62. The molecule has 20 heavy (non-hydrogen) atoms. The molecule has 0 atom stereocenters. The maximum absolute atomic E-state index is 6.14. The largest absolute Gasteiger partial charge is 0.476 e. The topological polar surface area (TPSA) is 73.1 Å². The van der Waals surface area contributed by atoms with Crippen molar-refractivity contribution >= 4 is 11.5 Å². The van der Waals surface area contributed by atoms with E-state index in [1.807, 2.05) is 13.8 Å². The molecule has 0 aromatic carbocycles. The van der Waals surface area contributed by atoms with Crippen LogP contribution in [0.4, 0.5) is 11.5 Å². The van der Waals surface area contributed by atoms with Crippen molar-refractivity contribution in [2.75, 3.05) is 17.7 Å². The zero-order valence-corrected chi connectivity index (χ0v) is 12.6. The Morgan fingerprint density at radius 3 is 2.45 bits per heavy atom. The van der Waals surface area contributed by atoms with Crippen LogP contribution in [0.2, 0.25) is 0 Å². The van der Waals surface area contributed by atoms with Crippen LogP contribution in [0.15, 0.2) is 0 Å². The number of nitrogens with zero attached hydrogens (tertiary/aromatic N) is 2. The van der Waals surface area contributed by atoms with Gasteiger partial charge >= 0.3 is 0 Å². The van der Waals surface area contributed by atoms with Crippen molar-refractivity contribution < 1.29 is 4.74 Å². The summed E-state index contributed by atoms with van der Waals surface area (Å²) in [4.78, 5) is 8.89. The highest BCUT2D eigenvalue weighted by atomic mass is 16.5. The Morgan fingerprint density at radius 2 is 1.85 bits per heavy atom. The molecular weight excluding hydrogens is 252 g/mol. The summed E-state index contributed by atoms with van der Waals surface area (Å²) in [6, 6.07) is 0.467. The minimum absolute atomic E-state index is 0.467. The van der Waals surface area contributed by atoms with E-state index < -0.39 is 0 Å². The number of anilines is 2. The SMILES string of the molecule is CCOc1nc(CC)nc(NC2CCCCCC2)c1N. The number of nitrogens with two attached hydrogens (primary N) is 1. The lowest BCUT2D eigenvalue weighted by Crippen LogP contribution is -2.21. The highest BCUT2D eigenvalue weighted by Gasteiger charge is 2.17. The number of hydrogen-bond donors (Lipinski definition) is 2. The average molecular weight is 278 g/mol. The van der Waals surface area contributed by atoms with Gasteiger partial charge in [-0.05, 0) is 19.8 Å². The van der Waals surface area contributed by atoms with Gasteiger partial charge in [0.25, 0.3) is 0 Å². The van der Waals surface area contributed by atoms with Gasteiger partial charge in [-0.15, -0.1) is 0 Å². The molecule has 0 bridgehead atoms. The Hall–Kier alpha value is -1.52. The Kier molecular flexibility index (Phi) is 5.44. The molecule has 0 spiro atoms. The molecule has 5 nitrogen and oxygen atoms in total. The Morgan fingerprint density at radius 1 is 1.15 bits per heavy atom. The van der Waals surface area contributed by atoms with Gasteiger partial charge in [-0.25, -0.2) is 4.98 Å². The van der Waals surface area contributed by atoms with Crippen molar-refractivity contribution in [3.05, 3.63) is 5.82 Å². The van der Waals surface area contributed by atoms with Crippen LogP contribution in [0.3, 0.4) is 0 Å². The first-order valence-corrected chi connectivity index (χ1v) is 7.80. The molecule has 1 aliphatic carbocycles. The Bertz CT molecular complexity index is 428. The molecule has 5 heteroatoms. The third-order valence-corrected chi connectivity index (χ3v) is 3.75. The second-order valence-corrected chi connectivity index (χ2v) is 5.33. The molecule has 0 radical (unpaired) electrons. The van der Waals surface area contributed by atoms with Crippen LogP contribution in [-0.2, 0) is 6.42 Å². The van der Waals surface area contributed by atoms with Crippen LogP contribution >= 0.6 is 0 Å². The number of ether oxygens (including phenoxy) is 1. The molecule has 1 fully saturated rings. The average Bonchev–Trinajstić information content (AvgIpc) is 2.72. The molecule has 0 saturated heterocycles. The van der Waals surface area contributed by atoms with Crippen molar-refractivity contribution in [2.45, 2.75) is 64.8 Å². The number of nitrogens with one attached hydrogen (secondary N) is 1. The molecule has 0 unspecified atom stereocenters. The summed E-state index contributed by atoms with van der Waals surface area (Å²) >= 11 is 0. The van der Waals surface area contributed by atoms with E-state index in [2.05, 4.69) is 15.3 Å². The minimum Gasteiger partial charge on any atom is -0.476 e. The summed E-state index contributed by atoms with van der Waals surface area (Å²) < 4.78 is 5.52. The Labute approximate surface area is 121 Å². The van der Waals surface area contributed by atoms with E-state index in [0.29, 0.717) is 24.2 Å². The maximum Gasteiger partial charge on any atom is 0.242 e. The predicted molar refractivity (Wildman–Crippen MR) is 82.1 cm³/mol. The van der Waals surface area contributed by atoms with Gasteiger partial charge in [0, 0.05) is 12.5 Å². The highest BCUT2D eigenvalue weighted by molar-refractivity contribution is 5.67. The van der Waals surface area contributed by atoms with Crippen LogP contribution in [0.5, 0.6) is 5.88 Å².